The van der Waals surface area contributed by atoms with Gasteiger partial charge in [-0.1, -0.05) is 0 Å². The van der Waals surface area contributed by atoms with Gasteiger partial charge in [-0.25, -0.2) is 9.78 Å². The number of piperidine rings is 1. The summed E-state index contributed by atoms with van der Waals surface area (Å²) in [5, 5.41) is 3.38. The molecule has 0 aromatic carbocycles. The monoisotopic (exact) mass is 289 g/mol. The van der Waals surface area contributed by atoms with Crippen LogP contribution in [0.1, 0.15) is 35.1 Å². The lowest BCUT2D eigenvalue weighted by molar-refractivity contribution is 0.0596. The Labute approximate surface area is 123 Å². The number of hydrogen-bond donors (Lipinski definition) is 1. The summed E-state index contributed by atoms with van der Waals surface area (Å²) in [4.78, 5) is 16.6. The Morgan fingerprint density at radius 1 is 1.48 bits per heavy atom. The summed E-state index contributed by atoms with van der Waals surface area (Å²) >= 11 is 0. The van der Waals surface area contributed by atoms with Crippen molar-refractivity contribution < 1.29 is 14.3 Å². The van der Waals surface area contributed by atoms with E-state index in [0.717, 1.165) is 31.8 Å². The van der Waals surface area contributed by atoms with E-state index in [2.05, 4.69) is 10.3 Å². The number of fused-ring (bicyclic) bond motifs is 1. The fourth-order valence-electron chi connectivity index (χ4n) is 2.90. The fourth-order valence-corrected chi connectivity index (χ4v) is 2.90. The van der Waals surface area contributed by atoms with Gasteiger partial charge in [-0.3, -0.25) is 4.40 Å². The number of hydrogen-bond acceptors (Lipinski definition) is 5. The minimum absolute atomic E-state index is 0.289. The van der Waals surface area contributed by atoms with Gasteiger partial charge in [-0.05, 0) is 31.5 Å². The number of nitrogens with one attached hydrogen (secondary N) is 1. The van der Waals surface area contributed by atoms with Crippen molar-refractivity contribution in [1.82, 2.24) is 14.7 Å². The molecule has 1 aliphatic rings. The van der Waals surface area contributed by atoms with Gasteiger partial charge in [0.2, 0.25) is 0 Å². The van der Waals surface area contributed by atoms with Crippen molar-refractivity contribution in [2.24, 2.45) is 0 Å². The highest BCUT2D eigenvalue weighted by Gasteiger charge is 2.26. The molecule has 21 heavy (non-hydrogen) atoms. The highest BCUT2D eigenvalue weighted by molar-refractivity contribution is 5.97. The minimum atomic E-state index is -0.438. The molecule has 6 heteroatoms. The van der Waals surface area contributed by atoms with E-state index >= 15 is 0 Å². The molecular formula is C15H19N3O3. The zero-order valence-electron chi connectivity index (χ0n) is 12.3. The number of nitrogens with zero attached hydrogens (tertiary/aromatic N) is 2. The van der Waals surface area contributed by atoms with Crippen molar-refractivity contribution in [3.8, 4) is 5.75 Å². The van der Waals surface area contributed by atoms with Gasteiger partial charge in [0.1, 0.15) is 17.1 Å². The normalized spacial score (nSPS) is 18.7. The van der Waals surface area contributed by atoms with Crippen molar-refractivity contribution in [3.63, 3.8) is 0 Å². The molecule has 3 heterocycles. The molecule has 0 bridgehead atoms. The lowest BCUT2D eigenvalue weighted by Gasteiger charge is -2.21. The van der Waals surface area contributed by atoms with Gasteiger partial charge in [0.05, 0.1) is 14.2 Å². The molecule has 1 saturated heterocycles. The number of carbonyl (C=O) groups excluding carboxylic acids is 1. The summed E-state index contributed by atoms with van der Waals surface area (Å²) in [5.74, 6) is 1.36. The van der Waals surface area contributed by atoms with Crippen LogP contribution in [-0.2, 0) is 4.74 Å². The lowest BCUT2D eigenvalue weighted by Crippen LogP contribution is -2.29. The van der Waals surface area contributed by atoms with E-state index < -0.39 is 5.97 Å². The molecule has 1 fully saturated rings. The predicted octanol–water partition coefficient (Wildman–Crippen LogP) is 1.60. The quantitative estimate of drug-likeness (QED) is 0.869. The Balaban J connectivity index is 2.19. The maximum Gasteiger partial charge on any atom is 0.359 e. The first-order chi connectivity index (χ1) is 10.3. The topological polar surface area (TPSA) is 64.9 Å². The third kappa shape index (κ3) is 2.35. The molecule has 1 unspecified atom stereocenters. The average molecular weight is 289 g/mol. The maximum atomic E-state index is 12.0. The first-order valence-corrected chi connectivity index (χ1v) is 7.10. The standard InChI is InChI=1S/C15H19N3O3/c1-20-11-6-4-8-18-13(11)12(15(19)21-2)17-14(18)10-5-3-7-16-9-10/h4,6,8,10,16H,3,5,7,9H2,1-2H3. The van der Waals surface area contributed by atoms with Crippen molar-refractivity contribution in [3.05, 3.63) is 29.8 Å². The number of esters is 1. The number of methoxy groups -OCH3 is 2. The van der Waals surface area contributed by atoms with Crippen molar-refractivity contribution in [2.45, 2.75) is 18.8 Å². The van der Waals surface area contributed by atoms with Gasteiger partial charge in [0.15, 0.2) is 5.69 Å². The summed E-state index contributed by atoms with van der Waals surface area (Å²) in [6.07, 6.45) is 4.09. The number of aromatic nitrogens is 2. The van der Waals surface area contributed by atoms with Crippen LogP contribution in [-0.4, -0.2) is 42.7 Å². The molecule has 0 aliphatic carbocycles. The molecule has 2 aromatic heterocycles. The van der Waals surface area contributed by atoms with E-state index in [-0.39, 0.29) is 5.92 Å². The molecule has 1 aliphatic heterocycles. The SMILES string of the molecule is COC(=O)c1nc(C2CCCNC2)n2cccc(OC)c12. The van der Waals surface area contributed by atoms with Crippen LogP contribution in [0.5, 0.6) is 5.75 Å². The Hall–Kier alpha value is -2.08. The lowest BCUT2D eigenvalue weighted by atomic mass is 9.99. The molecule has 6 nitrogen and oxygen atoms in total. The van der Waals surface area contributed by atoms with Crippen molar-refractivity contribution in [2.75, 3.05) is 27.3 Å². The second-order valence-corrected chi connectivity index (χ2v) is 5.15. The fraction of sp³-hybridized carbons (Fsp3) is 0.467. The molecule has 1 atom stereocenters. The Bertz CT molecular complexity index is 659. The van der Waals surface area contributed by atoms with Gasteiger partial charge in [0.25, 0.3) is 0 Å². The summed E-state index contributed by atoms with van der Waals surface area (Å²) in [6.45, 7) is 1.91. The molecule has 0 radical (unpaired) electrons. The molecule has 1 N–H and O–H groups in total. The van der Waals surface area contributed by atoms with Gasteiger partial charge >= 0.3 is 5.97 Å². The van der Waals surface area contributed by atoms with E-state index in [9.17, 15) is 4.79 Å². The van der Waals surface area contributed by atoms with Crippen LogP contribution >= 0.6 is 0 Å². The van der Waals surface area contributed by atoms with Gasteiger partial charge in [-0.2, -0.15) is 0 Å². The summed E-state index contributed by atoms with van der Waals surface area (Å²) < 4.78 is 12.2. The van der Waals surface area contributed by atoms with E-state index in [0.29, 0.717) is 17.0 Å². The molecule has 0 spiro atoms. The first-order valence-electron chi connectivity index (χ1n) is 7.10. The molecule has 0 saturated carbocycles. The number of rotatable bonds is 3. The van der Waals surface area contributed by atoms with Crippen molar-refractivity contribution in [1.29, 1.82) is 0 Å². The van der Waals surface area contributed by atoms with E-state index in [1.807, 2.05) is 22.7 Å². The van der Waals surface area contributed by atoms with Crippen LogP contribution in [0.25, 0.3) is 5.52 Å². The van der Waals surface area contributed by atoms with Crippen molar-refractivity contribution >= 4 is 11.5 Å². The first kappa shape index (κ1) is 13.9. The van der Waals surface area contributed by atoms with Crippen LogP contribution in [0.4, 0.5) is 0 Å². The predicted molar refractivity (Wildman–Crippen MR) is 77.9 cm³/mol. The molecule has 0 amide bonds. The molecule has 3 rings (SSSR count). The van der Waals surface area contributed by atoms with E-state index in [1.54, 1.807) is 7.11 Å². The third-order valence-electron chi connectivity index (χ3n) is 3.92. The molecular weight excluding hydrogens is 270 g/mol. The Kier molecular flexibility index (Phi) is 3.79. The smallest absolute Gasteiger partial charge is 0.359 e. The second-order valence-electron chi connectivity index (χ2n) is 5.15. The number of carbonyl (C=O) groups is 1. The second kappa shape index (κ2) is 5.73. The van der Waals surface area contributed by atoms with Crippen LogP contribution < -0.4 is 10.1 Å². The van der Waals surface area contributed by atoms with Crippen LogP contribution in [0.15, 0.2) is 18.3 Å². The molecule has 112 valence electrons. The Morgan fingerprint density at radius 3 is 3.00 bits per heavy atom. The van der Waals surface area contributed by atoms with Crippen LogP contribution in [0, 0.1) is 0 Å². The maximum absolute atomic E-state index is 12.0. The number of pyridine rings is 1. The van der Waals surface area contributed by atoms with Gasteiger partial charge in [-0.15, -0.1) is 0 Å². The average Bonchev–Trinajstić information content (AvgIpc) is 2.94. The Morgan fingerprint density at radius 2 is 2.33 bits per heavy atom. The van der Waals surface area contributed by atoms with E-state index in [1.165, 1.54) is 7.11 Å². The van der Waals surface area contributed by atoms with Gasteiger partial charge < -0.3 is 14.8 Å². The zero-order chi connectivity index (χ0) is 14.8. The largest absolute Gasteiger partial charge is 0.494 e. The highest BCUT2D eigenvalue weighted by atomic mass is 16.5. The van der Waals surface area contributed by atoms with Crippen LogP contribution in [0.3, 0.4) is 0 Å². The highest BCUT2D eigenvalue weighted by Crippen LogP contribution is 2.30. The van der Waals surface area contributed by atoms with Gasteiger partial charge in [0, 0.05) is 18.7 Å². The summed E-state index contributed by atoms with van der Waals surface area (Å²) in [5.41, 5.74) is 0.989. The zero-order valence-corrected chi connectivity index (χ0v) is 12.3. The number of ether oxygens (including phenoxy) is 2. The summed E-state index contributed by atoms with van der Waals surface area (Å²) in [7, 11) is 2.95. The van der Waals surface area contributed by atoms with E-state index in [4.69, 9.17) is 9.47 Å². The summed E-state index contributed by atoms with van der Waals surface area (Å²) in [6, 6.07) is 3.72. The third-order valence-corrected chi connectivity index (χ3v) is 3.92. The molecule has 2 aromatic rings. The number of imidazole rings is 1. The minimum Gasteiger partial charge on any atom is -0.494 e. The van der Waals surface area contributed by atoms with Crippen LogP contribution in [0.2, 0.25) is 0 Å².